The maximum atomic E-state index is 6.37. The van der Waals surface area contributed by atoms with Crippen molar-refractivity contribution in [1.82, 2.24) is 14.5 Å². The number of nitrogens with zero attached hydrogens (tertiary/aromatic N) is 4. The van der Waals surface area contributed by atoms with E-state index in [0.29, 0.717) is 6.54 Å². The molecule has 1 aromatic carbocycles. The Balaban J connectivity index is 1.55. The summed E-state index contributed by atoms with van der Waals surface area (Å²) in [6, 6.07) is 14.5. The molecule has 0 atom stereocenters. The average Bonchev–Trinajstić information content (AvgIpc) is 3.21. The van der Waals surface area contributed by atoms with Gasteiger partial charge in [-0.3, -0.25) is 9.97 Å². The predicted molar refractivity (Wildman–Crippen MR) is 139 cm³/mol. The topological polar surface area (TPSA) is 69.2 Å². The van der Waals surface area contributed by atoms with Gasteiger partial charge in [0.2, 0.25) is 0 Å². The molecule has 4 aromatic rings. The Labute approximate surface area is 200 Å². The Hall–Kier alpha value is -3.64. The third-order valence-corrected chi connectivity index (χ3v) is 6.41. The van der Waals surface area contributed by atoms with Crippen molar-refractivity contribution in [3.8, 4) is 17.0 Å². The lowest BCUT2D eigenvalue weighted by Crippen LogP contribution is -2.31. The van der Waals surface area contributed by atoms with Crippen LogP contribution in [0.4, 0.5) is 5.82 Å². The van der Waals surface area contributed by atoms with Crippen molar-refractivity contribution in [2.75, 3.05) is 24.5 Å². The van der Waals surface area contributed by atoms with E-state index in [0.717, 1.165) is 60.8 Å². The van der Waals surface area contributed by atoms with Gasteiger partial charge >= 0.3 is 0 Å². The van der Waals surface area contributed by atoms with Gasteiger partial charge in [0.1, 0.15) is 17.3 Å². The molecule has 0 unspecified atom stereocenters. The van der Waals surface area contributed by atoms with E-state index in [-0.39, 0.29) is 0 Å². The number of fused-ring (bicyclic) bond motifs is 3. The Bertz CT molecular complexity index is 1310. The van der Waals surface area contributed by atoms with E-state index in [2.05, 4.69) is 64.7 Å². The highest BCUT2D eigenvalue weighted by Gasteiger charge is 2.26. The normalized spacial score (nSPS) is 13.1. The first-order chi connectivity index (χ1) is 16.7. The zero-order valence-corrected chi connectivity index (χ0v) is 19.9. The van der Waals surface area contributed by atoms with Crippen LogP contribution in [0.5, 0.6) is 5.75 Å². The summed E-state index contributed by atoms with van der Waals surface area (Å²) in [5.41, 5.74) is 11.2. The van der Waals surface area contributed by atoms with Crippen molar-refractivity contribution in [3.63, 3.8) is 0 Å². The summed E-state index contributed by atoms with van der Waals surface area (Å²) in [5.74, 6) is 3.03. The van der Waals surface area contributed by atoms with Gasteiger partial charge < -0.3 is 19.9 Å². The van der Waals surface area contributed by atoms with Gasteiger partial charge in [-0.2, -0.15) is 0 Å². The maximum Gasteiger partial charge on any atom is 0.127 e. The Morgan fingerprint density at radius 2 is 1.91 bits per heavy atom. The molecule has 2 N–H and O–H groups in total. The molecule has 0 aliphatic carbocycles. The molecule has 3 aromatic heterocycles. The minimum atomic E-state index is 0.712. The van der Waals surface area contributed by atoms with Crippen LogP contribution in [-0.2, 0) is 13.0 Å². The fraction of sp³-hybridized carbons (Fsp3) is 0.286. The molecule has 1 aliphatic heterocycles. The van der Waals surface area contributed by atoms with Crippen LogP contribution >= 0.6 is 0 Å². The highest BCUT2D eigenvalue weighted by Crippen LogP contribution is 2.39. The number of aromatic nitrogens is 3. The van der Waals surface area contributed by atoms with Crippen LogP contribution in [-0.4, -0.2) is 34.2 Å². The fourth-order valence-electron chi connectivity index (χ4n) is 4.71. The van der Waals surface area contributed by atoms with Gasteiger partial charge in [-0.15, -0.1) is 0 Å². The number of hydrogen-bond acceptors (Lipinski definition) is 5. The summed E-state index contributed by atoms with van der Waals surface area (Å²) >= 11 is 0. The highest BCUT2D eigenvalue weighted by molar-refractivity contribution is 5.98. The van der Waals surface area contributed by atoms with E-state index in [1.165, 1.54) is 22.3 Å². The van der Waals surface area contributed by atoms with Crippen LogP contribution in [0.15, 0.2) is 66.8 Å². The van der Waals surface area contributed by atoms with Crippen molar-refractivity contribution in [1.29, 1.82) is 0 Å². The molecule has 5 rings (SSSR count). The molecule has 0 saturated heterocycles. The molecule has 0 saturated carbocycles. The number of likely N-dealkylation sites (N-methyl/N-ethyl adjacent to an activating group) is 1. The molecule has 0 radical (unpaired) electrons. The van der Waals surface area contributed by atoms with Gasteiger partial charge in [0, 0.05) is 42.0 Å². The molecule has 0 fully saturated rings. The van der Waals surface area contributed by atoms with Crippen molar-refractivity contribution in [2.45, 2.75) is 33.2 Å². The quantitative estimate of drug-likeness (QED) is 0.394. The first-order valence-corrected chi connectivity index (χ1v) is 12.1. The van der Waals surface area contributed by atoms with E-state index in [4.69, 9.17) is 15.5 Å². The lowest BCUT2D eigenvalue weighted by atomic mass is 10.1. The van der Waals surface area contributed by atoms with Gasteiger partial charge in [-0.1, -0.05) is 12.1 Å². The Morgan fingerprint density at radius 3 is 2.62 bits per heavy atom. The van der Waals surface area contributed by atoms with Crippen LogP contribution in [0.1, 0.15) is 31.4 Å². The summed E-state index contributed by atoms with van der Waals surface area (Å²) in [4.78, 5) is 11.4. The number of ether oxygens (including phenoxy) is 1. The first-order valence-electron chi connectivity index (χ1n) is 12.1. The summed E-state index contributed by atoms with van der Waals surface area (Å²) < 4.78 is 8.73. The van der Waals surface area contributed by atoms with Crippen LogP contribution in [0.2, 0.25) is 0 Å². The Kier molecular flexibility index (Phi) is 6.32. The van der Waals surface area contributed by atoms with Crippen LogP contribution in [0.3, 0.4) is 0 Å². The number of benzene rings is 1. The molecule has 6 nitrogen and oxygen atoms in total. The molecule has 174 valence electrons. The van der Waals surface area contributed by atoms with Gasteiger partial charge in [-0.05, 0) is 75.2 Å². The molecule has 6 heteroatoms. The second-order valence-corrected chi connectivity index (χ2v) is 8.57. The van der Waals surface area contributed by atoms with E-state index >= 15 is 0 Å². The largest absolute Gasteiger partial charge is 0.460 e. The second kappa shape index (κ2) is 9.69. The van der Waals surface area contributed by atoms with E-state index in [1.54, 1.807) is 6.20 Å². The van der Waals surface area contributed by atoms with Gasteiger partial charge in [0.15, 0.2) is 0 Å². The minimum absolute atomic E-state index is 0.712. The number of hydrogen-bond donors (Lipinski definition) is 1. The lowest BCUT2D eigenvalue weighted by molar-refractivity contribution is 0.415. The molecular weight excluding hydrogens is 422 g/mol. The van der Waals surface area contributed by atoms with Crippen molar-refractivity contribution >= 4 is 22.8 Å². The number of anilines is 1. The van der Waals surface area contributed by atoms with Crippen LogP contribution in [0, 0.1) is 0 Å². The number of rotatable bonds is 8. The first kappa shape index (κ1) is 22.2. The SMILES string of the molecule is CCN1CC(Oc2ccc(CCCN)cc2)=Cc2c1n(CC)c1cnc(-c3cccnc3)cc21. The molecule has 0 amide bonds. The number of nitrogens with two attached hydrogens (primary N) is 1. The van der Waals surface area contributed by atoms with Gasteiger partial charge in [0.05, 0.1) is 24.0 Å². The van der Waals surface area contributed by atoms with Crippen LogP contribution in [0.25, 0.3) is 28.2 Å². The summed E-state index contributed by atoms with van der Waals surface area (Å²) in [7, 11) is 0. The Morgan fingerprint density at radius 1 is 1.06 bits per heavy atom. The number of pyridine rings is 2. The number of aryl methyl sites for hydroxylation is 2. The molecule has 0 bridgehead atoms. The highest BCUT2D eigenvalue weighted by atomic mass is 16.5. The van der Waals surface area contributed by atoms with Crippen molar-refractivity contribution < 1.29 is 4.74 Å². The van der Waals surface area contributed by atoms with E-state index in [1.807, 2.05) is 24.5 Å². The standard InChI is InChI=1S/C28H31N5O/c1-3-32-19-23(34-22-11-9-20(10-12-22)7-5-13-29)15-25-24-16-26(21-8-6-14-30-17-21)31-18-27(24)33(4-2)28(25)32/h6,8-12,14-18H,3-5,7,13,19,29H2,1-2H3. The smallest absolute Gasteiger partial charge is 0.127 e. The summed E-state index contributed by atoms with van der Waals surface area (Å²) in [5, 5.41) is 1.18. The maximum absolute atomic E-state index is 6.37. The molecule has 0 spiro atoms. The van der Waals surface area contributed by atoms with Crippen molar-refractivity contribution in [2.24, 2.45) is 5.73 Å². The molecular formula is C28H31N5O. The fourth-order valence-corrected chi connectivity index (χ4v) is 4.71. The average molecular weight is 454 g/mol. The minimum Gasteiger partial charge on any atom is -0.460 e. The third kappa shape index (κ3) is 4.17. The molecule has 1 aliphatic rings. The summed E-state index contributed by atoms with van der Waals surface area (Å²) in [6.07, 6.45) is 9.82. The zero-order valence-electron chi connectivity index (χ0n) is 19.9. The zero-order chi connectivity index (χ0) is 23.5. The van der Waals surface area contributed by atoms with Crippen molar-refractivity contribution in [3.05, 3.63) is 77.9 Å². The molecule has 34 heavy (non-hydrogen) atoms. The lowest BCUT2D eigenvalue weighted by Gasteiger charge is -2.30. The predicted octanol–water partition coefficient (Wildman–Crippen LogP) is 5.27. The second-order valence-electron chi connectivity index (χ2n) is 8.57. The van der Waals surface area contributed by atoms with E-state index < -0.39 is 0 Å². The molecule has 4 heterocycles. The summed E-state index contributed by atoms with van der Waals surface area (Å²) in [6.45, 7) is 7.59. The monoisotopic (exact) mass is 453 g/mol. The van der Waals surface area contributed by atoms with Gasteiger partial charge in [-0.25, -0.2) is 0 Å². The third-order valence-electron chi connectivity index (χ3n) is 6.41. The van der Waals surface area contributed by atoms with E-state index in [9.17, 15) is 0 Å². The van der Waals surface area contributed by atoms with Gasteiger partial charge in [0.25, 0.3) is 0 Å². The van der Waals surface area contributed by atoms with Crippen LogP contribution < -0.4 is 15.4 Å².